The number of aromatic nitrogens is 4. The van der Waals surface area contributed by atoms with E-state index in [-0.39, 0.29) is 28.7 Å². The van der Waals surface area contributed by atoms with E-state index >= 15 is 0 Å². The summed E-state index contributed by atoms with van der Waals surface area (Å²) in [5.41, 5.74) is 10.5. The second-order valence-corrected chi connectivity index (χ2v) is 12.5. The molecule has 4 atom stereocenters. The number of nitrogens with two attached hydrogens (primary N) is 1. The average Bonchev–Trinajstić information content (AvgIpc) is 3.50. The second-order valence-electron chi connectivity index (χ2n) is 10.6. The maximum Gasteiger partial charge on any atom is 0.254 e. The van der Waals surface area contributed by atoms with E-state index in [1.54, 1.807) is 17.3 Å². The predicted octanol–water partition coefficient (Wildman–Crippen LogP) is 2.03. The van der Waals surface area contributed by atoms with Gasteiger partial charge in [-0.15, -0.1) is 0 Å². The molecule has 2 bridgehead atoms. The van der Waals surface area contributed by atoms with Gasteiger partial charge in [-0.1, -0.05) is 36.4 Å². The lowest BCUT2D eigenvalue weighted by atomic mass is 9.87. The lowest BCUT2D eigenvalue weighted by molar-refractivity contribution is -0.147. The number of rotatable bonds is 6. The first kappa shape index (κ1) is 26.4. The molecule has 12 heteroatoms. The third-order valence-electron chi connectivity index (χ3n) is 8.01. The van der Waals surface area contributed by atoms with Gasteiger partial charge in [0.2, 0.25) is 0 Å². The van der Waals surface area contributed by atoms with Crippen LogP contribution < -0.4 is 5.73 Å². The molecule has 4 aromatic rings. The number of nitrogens with zero attached hydrogens (tertiary/aromatic N) is 5. The van der Waals surface area contributed by atoms with E-state index in [2.05, 4.69) is 10.1 Å². The Morgan fingerprint density at radius 1 is 1.07 bits per heavy atom. The molecule has 6 rings (SSSR count). The summed E-state index contributed by atoms with van der Waals surface area (Å²) in [5, 5.41) is 23.6. The first-order chi connectivity index (χ1) is 19.2. The van der Waals surface area contributed by atoms with Crippen LogP contribution in [0.15, 0.2) is 59.8 Å². The van der Waals surface area contributed by atoms with Crippen molar-refractivity contribution >= 4 is 27.2 Å². The molecule has 11 nitrogen and oxygen atoms in total. The number of benzene rings is 1. The molecule has 40 heavy (non-hydrogen) atoms. The topological polar surface area (TPSA) is 164 Å². The Morgan fingerprint density at radius 3 is 2.38 bits per heavy atom. The molecule has 2 aliphatic heterocycles. The van der Waals surface area contributed by atoms with Crippen LogP contribution in [0.4, 0.5) is 5.82 Å². The standard InChI is InChI=1S/C28H30N6O5S/c1-40(38,39)25-24(18-11-19-8-9-20(12-18)33(19)28(37)23(36)15-35)32-27-21(14-31-34(27)26(25)29)17-7-10-22(30-13-17)16-5-3-2-4-6-16/h2-7,10,13-14,18-20,23,35-36H,8-9,11-12,15,29H2,1H3/t18?,19-,20+,23-/m1/s1. The number of hydrogen-bond acceptors (Lipinski definition) is 9. The molecular formula is C28H30N6O5S. The number of fused-ring (bicyclic) bond motifs is 3. The number of anilines is 1. The first-order valence-corrected chi connectivity index (χ1v) is 15.1. The van der Waals surface area contributed by atoms with Crippen molar-refractivity contribution in [1.29, 1.82) is 0 Å². The summed E-state index contributed by atoms with van der Waals surface area (Å²) in [7, 11) is -3.77. The van der Waals surface area contributed by atoms with Gasteiger partial charge in [0.25, 0.3) is 5.91 Å². The van der Waals surface area contributed by atoms with Crippen LogP contribution in [-0.4, -0.2) is 80.1 Å². The van der Waals surface area contributed by atoms with Gasteiger partial charge in [0.05, 0.1) is 24.2 Å². The van der Waals surface area contributed by atoms with Gasteiger partial charge in [0, 0.05) is 47.1 Å². The number of pyridine rings is 1. The van der Waals surface area contributed by atoms with E-state index in [4.69, 9.17) is 10.7 Å². The summed E-state index contributed by atoms with van der Waals surface area (Å²) >= 11 is 0. The highest BCUT2D eigenvalue weighted by Crippen LogP contribution is 2.45. The summed E-state index contributed by atoms with van der Waals surface area (Å²) in [6.45, 7) is -0.643. The normalized spacial score (nSPS) is 21.6. The molecular weight excluding hydrogens is 532 g/mol. The summed E-state index contributed by atoms with van der Waals surface area (Å²) in [5.74, 6) is -0.778. The van der Waals surface area contributed by atoms with Gasteiger partial charge in [-0.2, -0.15) is 9.61 Å². The number of carbonyl (C=O) groups excluding carboxylic acids is 1. The Kier molecular flexibility index (Phi) is 6.56. The van der Waals surface area contributed by atoms with Crippen molar-refractivity contribution in [1.82, 2.24) is 24.5 Å². The highest BCUT2D eigenvalue weighted by molar-refractivity contribution is 7.91. The minimum atomic E-state index is -3.77. The Balaban J connectivity index is 1.41. The number of hydrogen-bond donors (Lipinski definition) is 3. The van der Waals surface area contributed by atoms with Crippen molar-refractivity contribution < 1.29 is 23.4 Å². The number of carbonyl (C=O) groups is 1. The number of piperidine rings is 1. The SMILES string of the molecule is CS(=O)(=O)c1c(C2C[C@H]3CC[C@@H](C2)N3C(=O)[C@H](O)CO)nc2c(-c3ccc(-c4ccccc4)nc3)cnn2c1N. The van der Waals surface area contributed by atoms with Crippen LogP contribution in [-0.2, 0) is 14.6 Å². The van der Waals surface area contributed by atoms with Gasteiger partial charge in [0.1, 0.15) is 10.7 Å². The van der Waals surface area contributed by atoms with Gasteiger partial charge in [-0.25, -0.2) is 13.4 Å². The Morgan fingerprint density at radius 2 is 1.77 bits per heavy atom. The zero-order valence-corrected chi connectivity index (χ0v) is 22.7. The van der Waals surface area contributed by atoms with Crippen molar-refractivity contribution in [3.05, 3.63) is 60.6 Å². The van der Waals surface area contributed by atoms with Crippen LogP contribution in [0, 0.1) is 0 Å². The summed E-state index contributed by atoms with van der Waals surface area (Å²) < 4.78 is 27.3. The summed E-state index contributed by atoms with van der Waals surface area (Å²) in [6.07, 6.45) is 5.39. The fraction of sp³-hybridized carbons (Fsp3) is 0.357. The second kappa shape index (κ2) is 9.95. The lowest BCUT2D eigenvalue weighted by Gasteiger charge is -2.40. The first-order valence-electron chi connectivity index (χ1n) is 13.2. The highest BCUT2D eigenvalue weighted by Gasteiger charge is 2.46. The van der Waals surface area contributed by atoms with Crippen LogP contribution in [0.5, 0.6) is 0 Å². The molecule has 1 unspecified atom stereocenters. The van der Waals surface area contributed by atoms with Gasteiger partial charge < -0.3 is 20.8 Å². The molecule has 5 heterocycles. The highest BCUT2D eigenvalue weighted by atomic mass is 32.2. The van der Waals surface area contributed by atoms with Crippen molar-refractivity contribution in [3.63, 3.8) is 0 Å². The molecule has 0 saturated carbocycles. The maximum absolute atomic E-state index is 13.0. The number of nitrogen functional groups attached to an aromatic ring is 1. The van der Waals surface area contributed by atoms with Crippen LogP contribution in [0.3, 0.4) is 0 Å². The maximum atomic E-state index is 13.0. The number of amides is 1. The fourth-order valence-electron chi connectivity index (χ4n) is 6.22. The minimum absolute atomic E-state index is 0.0100. The van der Waals surface area contributed by atoms with Gasteiger partial charge >= 0.3 is 0 Å². The molecule has 1 amide bonds. The van der Waals surface area contributed by atoms with E-state index < -0.39 is 28.5 Å². The molecule has 2 aliphatic rings. The van der Waals surface area contributed by atoms with E-state index in [0.29, 0.717) is 29.7 Å². The Labute approximate surface area is 231 Å². The molecule has 3 aromatic heterocycles. The Hall–Kier alpha value is -3.87. The van der Waals surface area contributed by atoms with Gasteiger partial charge in [-0.05, 0) is 31.7 Å². The largest absolute Gasteiger partial charge is 0.393 e. The van der Waals surface area contributed by atoms with Crippen molar-refractivity contribution in [2.45, 2.75) is 54.7 Å². The van der Waals surface area contributed by atoms with Gasteiger partial charge in [0.15, 0.2) is 21.6 Å². The quantitative estimate of drug-likeness (QED) is 0.319. The monoisotopic (exact) mass is 562 g/mol. The summed E-state index contributed by atoms with van der Waals surface area (Å²) in [4.78, 5) is 23.8. The van der Waals surface area contributed by atoms with Crippen LogP contribution in [0.1, 0.15) is 37.3 Å². The van der Waals surface area contributed by atoms with Crippen molar-refractivity contribution in [3.8, 4) is 22.4 Å². The third kappa shape index (κ3) is 4.41. The van der Waals surface area contributed by atoms with Crippen LogP contribution in [0.2, 0.25) is 0 Å². The molecule has 4 N–H and O–H groups in total. The molecule has 0 aliphatic carbocycles. The smallest absolute Gasteiger partial charge is 0.254 e. The molecule has 1 aromatic carbocycles. The molecule has 208 valence electrons. The van der Waals surface area contributed by atoms with Crippen molar-refractivity contribution in [2.24, 2.45) is 0 Å². The lowest BCUT2D eigenvalue weighted by Crippen LogP contribution is -2.51. The van der Waals surface area contributed by atoms with Crippen LogP contribution >= 0.6 is 0 Å². The predicted molar refractivity (Wildman–Crippen MR) is 148 cm³/mol. The van der Waals surface area contributed by atoms with E-state index in [9.17, 15) is 23.4 Å². The van der Waals surface area contributed by atoms with Crippen molar-refractivity contribution in [2.75, 3.05) is 18.6 Å². The Bertz CT molecular complexity index is 1680. The van der Waals surface area contributed by atoms with E-state index in [1.807, 2.05) is 42.5 Å². The molecule has 0 spiro atoms. The molecule has 2 saturated heterocycles. The zero-order valence-electron chi connectivity index (χ0n) is 21.9. The third-order valence-corrected chi connectivity index (χ3v) is 9.17. The average molecular weight is 563 g/mol. The molecule has 0 radical (unpaired) electrons. The van der Waals surface area contributed by atoms with Crippen LogP contribution in [0.25, 0.3) is 28.0 Å². The van der Waals surface area contributed by atoms with Gasteiger partial charge in [-0.3, -0.25) is 9.78 Å². The number of aliphatic hydroxyl groups excluding tert-OH is 2. The fourth-order valence-corrected chi connectivity index (χ4v) is 7.28. The summed E-state index contributed by atoms with van der Waals surface area (Å²) in [6, 6.07) is 13.3. The van der Waals surface area contributed by atoms with E-state index in [1.165, 1.54) is 4.52 Å². The minimum Gasteiger partial charge on any atom is -0.393 e. The van der Waals surface area contributed by atoms with E-state index in [0.717, 1.165) is 35.9 Å². The molecule has 2 fully saturated rings. The zero-order chi connectivity index (χ0) is 28.2. The number of sulfone groups is 1. The number of aliphatic hydroxyl groups is 2.